The average Bonchev–Trinajstić information content (AvgIpc) is 3.22. The molecule has 1 fully saturated rings. The standard InChI is InChI=1S/C30H30N4O6S/c1-39-25-14-11-23(28(35)29(25)40-2)20-33-16-18-34(19-17-33)30(36)22-9-12-24(13-10-22)32-41(37,38)26-8-4-3-6-21-7-5-15-31-27(21)26/h3,5-7,9-15,26,32,35H,16-20H2,1-2H3. The zero-order valence-corrected chi connectivity index (χ0v) is 23.5. The highest BCUT2D eigenvalue weighted by molar-refractivity contribution is 7.93. The molecule has 212 valence electrons. The summed E-state index contributed by atoms with van der Waals surface area (Å²) in [5.74, 6) is 6.19. The molecule has 10 nitrogen and oxygen atoms in total. The first-order chi connectivity index (χ1) is 19.8. The van der Waals surface area contributed by atoms with Gasteiger partial charge in [0.15, 0.2) is 16.7 Å². The van der Waals surface area contributed by atoms with Gasteiger partial charge in [0, 0.05) is 55.7 Å². The quantitative estimate of drug-likeness (QED) is 0.394. The summed E-state index contributed by atoms with van der Waals surface area (Å²) in [7, 11) is -0.934. The molecule has 1 aromatic heterocycles. The minimum atomic E-state index is -3.93. The highest BCUT2D eigenvalue weighted by Crippen LogP contribution is 2.39. The molecule has 3 aromatic rings. The van der Waals surface area contributed by atoms with Crippen LogP contribution in [0, 0.1) is 11.8 Å². The number of sulfonamides is 1. The summed E-state index contributed by atoms with van der Waals surface area (Å²) in [6.45, 7) is 2.79. The number of allylic oxidation sites excluding steroid dienone is 1. The lowest BCUT2D eigenvalue weighted by atomic mass is 10.1. The maximum absolute atomic E-state index is 13.2. The van der Waals surface area contributed by atoms with Gasteiger partial charge in [-0.15, -0.1) is 0 Å². The van der Waals surface area contributed by atoms with Crippen molar-refractivity contribution in [2.75, 3.05) is 45.1 Å². The number of anilines is 1. The summed E-state index contributed by atoms with van der Waals surface area (Å²) >= 11 is 0. The van der Waals surface area contributed by atoms with Gasteiger partial charge in [0.05, 0.1) is 19.9 Å². The largest absolute Gasteiger partial charge is 0.504 e. The van der Waals surface area contributed by atoms with Crippen molar-refractivity contribution >= 4 is 27.7 Å². The van der Waals surface area contributed by atoms with E-state index in [4.69, 9.17) is 9.47 Å². The fourth-order valence-corrected chi connectivity index (χ4v) is 6.15. The van der Waals surface area contributed by atoms with Gasteiger partial charge in [0.25, 0.3) is 15.9 Å². The SMILES string of the molecule is COc1ccc(CN2CCN(C(=O)c3ccc(NS(=O)(=O)C4C#CC=Cc5cccnc54)cc3)CC2)c(O)c1OC. The Morgan fingerprint density at radius 2 is 1.83 bits per heavy atom. The second kappa shape index (κ2) is 11.9. The molecule has 1 atom stereocenters. The van der Waals surface area contributed by atoms with Crippen LogP contribution in [0.5, 0.6) is 17.2 Å². The van der Waals surface area contributed by atoms with E-state index < -0.39 is 15.3 Å². The monoisotopic (exact) mass is 574 g/mol. The van der Waals surface area contributed by atoms with E-state index in [1.807, 2.05) is 0 Å². The molecule has 1 saturated heterocycles. The Hall–Kier alpha value is -4.53. The molecule has 11 heteroatoms. The Balaban J connectivity index is 1.20. The first-order valence-electron chi connectivity index (χ1n) is 13.0. The van der Waals surface area contributed by atoms with Gasteiger partial charge >= 0.3 is 0 Å². The number of carbonyl (C=O) groups excluding carboxylic acids is 1. The smallest absolute Gasteiger partial charge is 0.253 e. The molecule has 0 radical (unpaired) electrons. The summed E-state index contributed by atoms with van der Waals surface area (Å²) in [6.07, 6.45) is 4.89. The molecule has 2 aliphatic rings. The number of aromatic hydroxyl groups is 1. The van der Waals surface area contributed by atoms with E-state index >= 15 is 0 Å². The van der Waals surface area contributed by atoms with Crippen LogP contribution in [0.15, 0.2) is 60.8 Å². The topological polar surface area (TPSA) is 121 Å². The normalized spacial score (nSPS) is 16.6. The highest BCUT2D eigenvalue weighted by Gasteiger charge is 2.30. The van der Waals surface area contributed by atoms with E-state index in [1.165, 1.54) is 14.2 Å². The molecular weight excluding hydrogens is 544 g/mol. The van der Waals surface area contributed by atoms with Crippen LogP contribution in [-0.2, 0) is 16.6 Å². The van der Waals surface area contributed by atoms with Gasteiger partial charge in [-0.3, -0.25) is 19.4 Å². The number of methoxy groups -OCH3 is 2. The Labute approximate surface area is 239 Å². The molecular formula is C30H30N4O6S. The number of hydrogen-bond acceptors (Lipinski definition) is 8. The number of carbonyl (C=O) groups is 1. The number of hydrogen-bond donors (Lipinski definition) is 2. The van der Waals surface area contributed by atoms with Gasteiger partial charge in [0.2, 0.25) is 5.75 Å². The van der Waals surface area contributed by atoms with Gasteiger partial charge in [-0.2, -0.15) is 0 Å². The molecule has 1 unspecified atom stereocenters. The molecule has 0 saturated carbocycles. The number of ether oxygens (including phenoxy) is 2. The van der Waals surface area contributed by atoms with E-state index in [9.17, 15) is 18.3 Å². The fraction of sp³-hybridized carbons (Fsp3) is 0.267. The molecule has 41 heavy (non-hydrogen) atoms. The fourth-order valence-electron chi connectivity index (χ4n) is 4.85. The van der Waals surface area contributed by atoms with Crippen molar-refractivity contribution in [3.05, 3.63) is 83.2 Å². The summed E-state index contributed by atoms with van der Waals surface area (Å²) in [6, 6.07) is 13.5. The third-order valence-electron chi connectivity index (χ3n) is 7.04. The maximum atomic E-state index is 13.2. The molecule has 1 amide bonds. The number of rotatable bonds is 8. The number of benzene rings is 2. The van der Waals surface area contributed by atoms with Gasteiger partial charge in [0.1, 0.15) is 0 Å². The Morgan fingerprint density at radius 3 is 2.54 bits per heavy atom. The summed E-state index contributed by atoms with van der Waals surface area (Å²) < 4.78 is 39.5. The van der Waals surface area contributed by atoms with Gasteiger partial charge in [-0.25, -0.2) is 8.42 Å². The van der Waals surface area contributed by atoms with Crippen molar-refractivity contribution in [2.24, 2.45) is 0 Å². The number of pyridine rings is 1. The van der Waals surface area contributed by atoms with Crippen molar-refractivity contribution in [1.29, 1.82) is 0 Å². The van der Waals surface area contributed by atoms with Crippen LogP contribution in [0.1, 0.15) is 32.4 Å². The predicted octanol–water partition coefficient (Wildman–Crippen LogP) is 3.28. The number of piperazine rings is 1. The van der Waals surface area contributed by atoms with Crippen molar-refractivity contribution in [2.45, 2.75) is 11.8 Å². The third kappa shape index (κ3) is 5.99. The number of nitrogens with zero attached hydrogens (tertiary/aromatic N) is 3. The van der Waals surface area contributed by atoms with Crippen LogP contribution in [0.3, 0.4) is 0 Å². The molecule has 2 N–H and O–H groups in total. The number of aromatic nitrogens is 1. The van der Waals surface area contributed by atoms with Gasteiger partial charge in [-0.05, 0) is 54.1 Å². The Bertz CT molecular complexity index is 1640. The molecule has 0 bridgehead atoms. The summed E-state index contributed by atoms with van der Waals surface area (Å²) in [4.78, 5) is 21.3. The van der Waals surface area contributed by atoms with Crippen LogP contribution in [0.4, 0.5) is 5.69 Å². The van der Waals surface area contributed by atoms with Crippen molar-refractivity contribution in [1.82, 2.24) is 14.8 Å². The van der Waals surface area contributed by atoms with Crippen LogP contribution in [0.25, 0.3) is 6.08 Å². The lowest BCUT2D eigenvalue weighted by Crippen LogP contribution is -2.48. The number of phenols is 1. The molecule has 2 heterocycles. The lowest BCUT2D eigenvalue weighted by Gasteiger charge is -2.35. The van der Waals surface area contributed by atoms with E-state index in [-0.39, 0.29) is 11.7 Å². The Morgan fingerprint density at radius 1 is 1.07 bits per heavy atom. The maximum Gasteiger partial charge on any atom is 0.253 e. The number of phenolic OH excluding ortho intramolecular Hbond substituents is 1. The molecule has 1 aliphatic heterocycles. The zero-order valence-electron chi connectivity index (χ0n) is 22.7. The van der Waals surface area contributed by atoms with Gasteiger partial charge < -0.3 is 19.5 Å². The lowest BCUT2D eigenvalue weighted by molar-refractivity contribution is 0.0627. The Kier molecular flexibility index (Phi) is 8.14. The first kappa shape index (κ1) is 28.0. The second-order valence-corrected chi connectivity index (χ2v) is 11.3. The first-order valence-corrected chi connectivity index (χ1v) is 14.5. The van der Waals surface area contributed by atoms with E-state index in [2.05, 4.69) is 26.4 Å². The molecule has 2 aromatic carbocycles. The van der Waals surface area contributed by atoms with Crippen molar-refractivity contribution in [3.63, 3.8) is 0 Å². The second-order valence-electron chi connectivity index (χ2n) is 9.58. The highest BCUT2D eigenvalue weighted by atomic mass is 32.2. The van der Waals surface area contributed by atoms with Gasteiger partial charge in [-0.1, -0.05) is 24.0 Å². The zero-order chi connectivity index (χ0) is 29.0. The van der Waals surface area contributed by atoms with E-state index in [0.29, 0.717) is 72.3 Å². The minimum Gasteiger partial charge on any atom is -0.504 e. The molecule has 1 aliphatic carbocycles. The number of nitrogens with one attached hydrogen (secondary N) is 1. The van der Waals surface area contributed by atoms with Crippen molar-refractivity contribution in [3.8, 4) is 29.1 Å². The van der Waals surface area contributed by atoms with Crippen molar-refractivity contribution < 1.29 is 27.8 Å². The third-order valence-corrected chi connectivity index (χ3v) is 8.52. The van der Waals surface area contributed by atoms with Crippen LogP contribution in [-0.4, -0.2) is 74.6 Å². The summed E-state index contributed by atoms with van der Waals surface area (Å²) in [5, 5.41) is 9.46. The van der Waals surface area contributed by atoms with Crippen LogP contribution < -0.4 is 14.2 Å². The number of fused-ring (bicyclic) bond motifs is 1. The number of amides is 1. The van der Waals surface area contributed by atoms with Crippen LogP contribution >= 0.6 is 0 Å². The molecule has 0 spiro atoms. The van der Waals surface area contributed by atoms with Crippen LogP contribution in [0.2, 0.25) is 0 Å². The van der Waals surface area contributed by atoms with E-state index in [1.54, 1.807) is 71.8 Å². The predicted molar refractivity (Wildman–Crippen MR) is 155 cm³/mol. The van der Waals surface area contributed by atoms with E-state index in [0.717, 1.165) is 0 Å². The average molecular weight is 575 g/mol. The molecule has 5 rings (SSSR count). The summed E-state index contributed by atoms with van der Waals surface area (Å²) in [5.41, 5.74) is 2.56. The minimum absolute atomic E-state index is 0.0456.